The van der Waals surface area contributed by atoms with Gasteiger partial charge in [0.25, 0.3) is 5.91 Å². The number of hydrogen-bond acceptors (Lipinski definition) is 4. The van der Waals surface area contributed by atoms with Gasteiger partial charge in [-0.05, 0) is 30.5 Å². The molecule has 1 amide bonds. The van der Waals surface area contributed by atoms with Crippen molar-refractivity contribution in [3.8, 4) is 11.3 Å². The minimum Gasteiger partial charge on any atom is -0.355 e. The average molecular weight is 310 g/mol. The second-order valence-corrected chi connectivity index (χ2v) is 5.50. The normalized spacial score (nSPS) is 10.4. The lowest BCUT2D eigenvalue weighted by molar-refractivity contribution is 0.101. The predicted octanol–water partition coefficient (Wildman–Crippen LogP) is 4.32. The van der Waals surface area contributed by atoms with Gasteiger partial charge in [0.15, 0.2) is 11.5 Å². The van der Waals surface area contributed by atoms with E-state index in [9.17, 15) is 4.79 Å². The summed E-state index contributed by atoms with van der Waals surface area (Å²) in [4.78, 5) is 13.3. The van der Waals surface area contributed by atoms with E-state index in [1.807, 2.05) is 60.9 Å². The van der Waals surface area contributed by atoms with Gasteiger partial charge in [0.05, 0.1) is 0 Å². The van der Waals surface area contributed by atoms with E-state index in [1.54, 1.807) is 17.8 Å². The van der Waals surface area contributed by atoms with Crippen molar-refractivity contribution < 1.29 is 9.32 Å². The lowest BCUT2D eigenvalue weighted by atomic mass is 10.1. The number of carbonyl (C=O) groups excluding carboxylic acids is 1. The molecule has 0 atom stereocenters. The fourth-order valence-electron chi connectivity index (χ4n) is 1.99. The number of amides is 1. The smallest absolute Gasteiger partial charge is 0.277 e. The first kappa shape index (κ1) is 14.4. The molecule has 0 aliphatic heterocycles. The van der Waals surface area contributed by atoms with Crippen LogP contribution in [-0.2, 0) is 0 Å². The molecule has 0 radical (unpaired) electrons. The molecule has 5 heteroatoms. The van der Waals surface area contributed by atoms with Gasteiger partial charge >= 0.3 is 0 Å². The Bertz CT molecular complexity index is 767. The van der Waals surface area contributed by atoms with E-state index < -0.39 is 0 Å². The lowest BCUT2D eigenvalue weighted by Gasteiger charge is -2.03. The monoisotopic (exact) mass is 310 g/mol. The van der Waals surface area contributed by atoms with E-state index >= 15 is 0 Å². The van der Waals surface area contributed by atoms with Crippen LogP contribution in [0.4, 0.5) is 5.69 Å². The Morgan fingerprint density at radius 2 is 1.82 bits per heavy atom. The predicted molar refractivity (Wildman–Crippen MR) is 88.1 cm³/mol. The zero-order chi connectivity index (χ0) is 15.4. The molecule has 0 fully saturated rings. The van der Waals surface area contributed by atoms with Gasteiger partial charge in [-0.15, -0.1) is 11.8 Å². The van der Waals surface area contributed by atoms with Gasteiger partial charge in [-0.25, -0.2) is 0 Å². The number of hydrogen-bond donors (Lipinski definition) is 1. The summed E-state index contributed by atoms with van der Waals surface area (Å²) in [6.45, 7) is 0. The number of rotatable bonds is 4. The average Bonchev–Trinajstić information content (AvgIpc) is 3.06. The van der Waals surface area contributed by atoms with E-state index in [1.165, 1.54) is 0 Å². The van der Waals surface area contributed by atoms with Crippen molar-refractivity contribution in [3.63, 3.8) is 0 Å². The number of thioether (sulfide) groups is 1. The van der Waals surface area contributed by atoms with Crippen molar-refractivity contribution in [2.24, 2.45) is 0 Å². The summed E-state index contributed by atoms with van der Waals surface area (Å²) >= 11 is 1.65. The molecule has 0 spiro atoms. The Hall–Kier alpha value is -2.53. The first-order valence-electron chi connectivity index (χ1n) is 6.74. The third kappa shape index (κ3) is 3.20. The maximum Gasteiger partial charge on any atom is 0.277 e. The van der Waals surface area contributed by atoms with Crippen LogP contribution in [0.1, 0.15) is 10.5 Å². The molecule has 1 N–H and O–H groups in total. The van der Waals surface area contributed by atoms with Gasteiger partial charge in [-0.3, -0.25) is 4.79 Å². The Morgan fingerprint density at radius 3 is 2.50 bits per heavy atom. The number of aromatic nitrogens is 1. The largest absolute Gasteiger partial charge is 0.355 e. The van der Waals surface area contributed by atoms with Crippen LogP contribution in [0.3, 0.4) is 0 Å². The van der Waals surface area contributed by atoms with Crippen molar-refractivity contribution in [3.05, 3.63) is 66.4 Å². The minimum atomic E-state index is -0.289. The summed E-state index contributed by atoms with van der Waals surface area (Å²) < 4.78 is 5.23. The number of carbonyl (C=O) groups is 1. The standard InChI is InChI=1S/C17H14N2O2S/c1-22-14-9-7-13(8-10-14)18-17(20)15-11-16(21-19-15)12-5-3-2-4-6-12/h2-11H,1H3,(H,18,20). The summed E-state index contributed by atoms with van der Waals surface area (Å²) in [5.41, 5.74) is 1.87. The molecule has 110 valence electrons. The SMILES string of the molecule is CSc1ccc(NC(=O)c2cc(-c3ccccc3)on2)cc1. The Morgan fingerprint density at radius 1 is 1.09 bits per heavy atom. The molecular weight excluding hydrogens is 296 g/mol. The molecule has 2 aromatic carbocycles. The number of anilines is 1. The van der Waals surface area contributed by atoms with Gasteiger partial charge in [-0.1, -0.05) is 35.5 Å². The number of nitrogens with one attached hydrogen (secondary N) is 1. The van der Waals surface area contributed by atoms with Crippen LogP contribution in [0, 0.1) is 0 Å². The van der Waals surface area contributed by atoms with E-state index in [2.05, 4.69) is 10.5 Å². The second-order valence-electron chi connectivity index (χ2n) is 4.63. The summed E-state index contributed by atoms with van der Waals surface area (Å²) in [6.07, 6.45) is 2.01. The van der Waals surface area contributed by atoms with Gasteiger partial charge < -0.3 is 9.84 Å². The third-order valence-corrected chi connectivity index (χ3v) is 3.89. The van der Waals surface area contributed by atoms with Crippen molar-refractivity contribution in [1.82, 2.24) is 5.16 Å². The minimum absolute atomic E-state index is 0.257. The van der Waals surface area contributed by atoms with E-state index in [4.69, 9.17) is 4.52 Å². The van der Waals surface area contributed by atoms with Gasteiger partial charge in [-0.2, -0.15) is 0 Å². The summed E-state index contributed by atoms with van der Waals surface area (Å²) in [5.74, 6) is 0.284. The van der Waals surface area contributed by atoms with Gasteiger partial charge in [0.2, 0.25) is 0 Å². The molecule has 22 heavy (non-hydrogen) atoms. The molecule has 0 aliphatic rings. The third-order valence-electron chi connectivity index (χ3n) is 3.15. The fraction of sp³-hybridized carbons (Fsp3) is 0.0588. The van der Waals surface area contributed by atoms with Crippen LogP contribution < -0.4 is 5.32 Å². The first-order valence-corrected chi connectivity index (χ1v) is 7.96. The van der Waals surface area contributed by atoms with E-state index in [0.29, 0.717) is 5.76 Å². The Labute approximate surface area is 132 Å². The van der Waals surface area contributed by atoms with Crippen molar-refractivity contribution >= 4 is 23.4 Å². The molecule has 1 aromatic heterocycles. The van der Waals surface area contributed by atoms with Crippen LogP contribution in [0.5, 0.6) is 0 Å². The molecule has 0 saturated heterocycles. The maximum absolute atomic E-state index is 12.2. The topological polar surface area (TPSA) is 55.1 Å². The number of benzene rings is 2. The van der Waals surface area contributed by atoms with Crippen LogP contribution >= 0.6 is 11.8 Å². The van der Waals surface area contributed by atoms with E-state index in [-0.39, 0.29) is 11.6 Å². The maximum atomic E-state index is 12.2. The van der Waals surface area contributed by atoms with Crippen molar-refractivity contribution in [1.29, 1.82) is 0 Å². The highest BCUT2D eigenvalue weighted by Crippen LogP contribution is 2.21. The molecule has 1 heterocycles. The van der Waals surface area contributed by atoms with Crippen LogP contribution in [-0.4, -0.2) is 17.3 Å². The molecule has 3 rings (SSSR count). The Balaban J connectivity index is 1.74. The highest BCUT2D eigenvalue weighted by molar-refractivity contribution is 7.98. The quantitative estimate of drug-likeness (QED) is 0.729. The van der Waals surface area contributed by atoms with Crippen molar-refractivity contribution in [2.75, 3.05) is 11.6 Å². The summed E-state index contributed by atoms with van der Waals surface area (Å²) in [7, 11) is 0. The summed E-state index contributed by atoms with van der Waals surface area (Å²) in [5, 5.41) is 6.63. The molecule has 0 aliphatic carbocycles. The highest BCUT2D eigenvalue weighted by Gasteiger charge is 2.13. The molecule has 0 saturated carbocycles. The molecule has 0 unspecified atom stereocenters. The lowest BCUT2D eigenvalue weighted by Crippen LogP contribution is -2.11. The van der Waals surface area contributed by atoms with Gasteiger partial charge in [0, 0.05) is 22.2 Å². The number of nitrogens with zero attached hydrogens (tertiary/aromatic N) is 1. The van der Waals surface area contributed by atoms with Crippen LogP contribution in [0.15, 0.2) is 70.1 Å². The van der Waals surface area contributed by atoms with Crippen LogP contribution in [0.25, 0.3) is 11.3 Å². The first-order chi connectivity index (χ1) is 10.8. The molecule has 3 aromatic rings. The molecular formula is C17H14N2O2S. The molecule has 4 nitrogen and oxygen atoms in total. The van der Waals surface area contributed by atoms with Gasteiger partial charge in [0.1, 0.15) is 0 Å². The second kappa shape index (κ2) is 6.49. The zero-order valence-electron chi connectivity index (χ0n) is 11.9. The highest BCUT2D eigenvalue weighted by atomic mass is 32.2. The van der Waals surface area contributed by atoms with E-state index in [0.717, 1.165) is 16.1 Å². The molecule has 0 bridgehead atoms. The summed E-state index contributed by atoms with van der Waals surface area (Å²) in [6, 6.07) is 18.8. The fourth-order valence-corrected chi connectivity index (χ4v) is 2.40. The zero-order valence-corrected chi connectivity index (χ0v) is 12.8. The Kier molecular flexibility index (Phi) is 4.25. The van der Waals surface area contributed by atoms with Crippen LogP contribution in [0.2, 0.25) is 0 Å². The van der Waals surface area contributed by atoms with Crippen molar-refractivity contribution in [2.45, 2.75) is 4.90 Å².